The molecule has 0 saturated heterocycles. The van der Waals surface area contributed by atoms with Crippen LogP contribution in [0, 0.1) is 0 Å². The third-order valence-corrected chi connectivity index (χ3v) is 4.56. The second kappa shape index (κ2) is 11.6. The molecule has 0 radical (unpaired) electrons. The number of halogens is 1. The van der Waals surface area contributed by atoms with Crippen molar-refractivity contribution >= 4 is 35.8 Å². The standard InChI is InChI=1S/C22H28N4O3.HI/c1-23-22(24-14-16-5-8-18(9-6-16)21(27)26(2)3)25-15-17-7-10-19-20(13-17)29-12-4-11-28-19;/h5-10,13H,4,11-12,14-15H2,1-3H3,(H2,23,24,25);1H. The molecule has 162 valence electrons. The van der Waals surface area contributed by atoms with Crippen LogP contribution in [0.4, 0.5) is 0 Å². The van der Waals surface area contributed by atoms with Gasteiger partial charge in [0.15, 0.2) is 17.5 Å². The Labute approximate surface area is 194 Å². The highest BCUT2D eigenvalue weighted by molar-refractivity contribution is 14.0. The summed E-state index contributed by atoms with van der Waals surface area (Å²) in [5.74, 6) is 2.28. The first-order chi connectivity index (χ1) is 14.1. The smallest absolute Gasteiger partial charge is 0.253 e. The monoisotopic (exact) mass is 524 g/mol. The van der Waals surface area contributed by atoms with Crippen molar-refractivity contribution in [3.8, 4) is 11.5 Å². The van der Waals surface area contributed by atoms with Gasteiger partial charge in [-0.1, -0.05) is 18.2 Å². The molecule has 3 rings (SSSR count). The molecular weight excluding hydrogens is 495 g/mol. The van der Waals surface area contributed by atoms with Crippen LogP contribution in [0.25, 0.3) is 0 Å². The van der Waals surface area contributed by atoms with Crippen LogP contribution in [0.1, 0.15) is 27.9 Å². The molecule has 8 heteroatoms. The van der Waals surface area contributed by atoms with Gasteiger partial charge in [0.25, 0.3) is 5.91 Å². The molecule has 1 heterocycles. The number of amides is 1. The van der Waals surface area contributed by atoms with Crippen LogP contribution < -0.4 is 20.1 Å². The van der Waals surface area contributed by atoms with Crippen molar-refractivity contribution in [1.29, 1.82) is 0 Å². The lowest BCUT2D eigenvalue weighted by Crippen LogP contribution is -2.36. The molecule has 2 N–H and O–H groups in total. The van der Waals surface area contributed by atoms with Gasteiger partial charge >= 0.3 is 0 Å². The predicted molar refractivity (Wildman–Crippen MR) is 129 cm³/mol. The molecule has 0 spiro atoms. The van der Waals surface area contributed by atoms with Crippen LogP contribution in [-0.4, -0.2) is 51.1 Å². The second-order valence-electron chi connectivity index (χ2n) is 7.01. The molecule has 0 saturated carbocycles. The number of nitrogens with zero attached hydrogens (tertiary/aromatic N) is 2. The van der Waals surface area contributed by atoms with E-state index in [4.69, 9.17) is 9.47 Å². The number of ether oxygens (including phenoxy) is 2. The first-order valence-electron chi connectivity index (χ1n) is 9.70. The highest BCUT2D eigenvalue weighted by atomic mass is 127. The number of benzene rings is 2. The Balaban J connectivity index is 0.00000320. The summed E-state index contributed by atoms with van der Waals surface area (Å²) >= 11 is 0. The fourth-order valence-corrected chi connectivity index (χ4v) is 2.93. The summed E-state index contributed by atoms with van der Waals surface area (Å²) in [6.07, 6.45) is 0.892. The first kappa shape index (κ1) is 23.8. The van der Waals surface area contributed by atoms with E-state index in [1.54, 1.807) is 26.0 Å². The lowest BCUT2D eigenvalue weighted by Gasteiger charge is -2.14. The minimum atomic E-state index is -0.00267. The predicted octanol–water partition coefficient (Wildman–Crippen LogP) is 3.03. The molecule has 1 aliphatic rings. The number of aliphatic imine (C=N–C) groups is 1. The number of carbonyl (C=O) groups excluding carboxylic acids is 1. The van der Waals surface area contributed by atoms with E-state index in [-0.39, 0.29) is 29.9 Å². The lowest BCUT2D eigenvalue weighted by atomic mass is 10.1. The van der Waals surface area contributed by atoms with E-state index in [9.17, 15) is 4.79 Å². The Bertz CT molecular complexity index is 869. The average Bonchev–Trinajstić information content (AvgIpc) is 2.98. The lowest BCUT2D eigenvalue weighted by molar-refractivity contribution is 0.0827. The highest BCUT2D eigenvalue weighted by Crippen LogP contribution is 2.30. The molecule has 0 bridgehead atoms. The van der Waals surface area contributed by atoms with Gasteiger partial charge in [0.2, 0.25) is 0 Å². The maximum Gasteiger partial charge on any atom is 0.253 e. The van der Waals surface area contributed by atoms with E-state index in [1.165, 1.54) is 0 Å². The fraction of sp³-hybridized carbons (Fsp3) is 0.364. The number of guanidine groups is 1. The number of hydrogen-bond donors (Lipinski definition) is 2. The molecule has 2 aromatic rings. The molecule has 0 aromatic heterocycles. The topological polar surface area (TPSA) is 75.2 Å². The third-order valence-electron chi connectivity index (χ3n) is 4.56. The molecule has 0 atom stereocenters. The molecule has 7 nitrogen and oxygen atoms in total. The summed E-state index contributed by atoms with van der Waals surface area (Å²) in [6, 6.07) is 13.5. The Hall–Kier alpha value is -2.49. The van der Waals surface area contributed by atoms with Gasteiger partial charge < -0.3 is 25.0 Å². The fourth-order valence-electron chi connectivity index (χ4n) is 2.93. The van der Waals surface area contributed by atoms with Gasteiger partial charge in [-0.15, -0.1) is 24.0 Å². The summed E-state index contributed by atoms with van der Waals surface area (Å²) < 4.78 is 11.4. The van der Waals surface area contributed by atoms with Crippen LogP contribution in [-0.2, 0) is 13.1 Å². The zero-order chi connectivity index (χ0) is 20.6. The van der Waals surface area contributed by atoms with E-state index in [0.29, 0.717) is 37.8 Å². The number of nitrogens with one attached hydrogen (secondary N) is 2. The Morgan fingerprint density at radius 2 is 1.57 bits per heavy atom. The SMILES string of the molecule is CN=C(NCc1ccc(C(=O)N(C)C)cc1)NCc1ccc2c(c1)OCCCO2.I. The van der Waals surface area contributed by atoms with Crippen LogP contribution in [0.2, 0.25) is 0 Å². The third kappa shape index (κ3) is 6.51. The first-order valence-corrected chi connectivity index (χ1v) is 9.70. The van der Waals surface area contributed by atoms with Crippen LogP contribution in [0.5, 0.6) is 11.5 Å². The van der Waals surface area contributed by atoms with E-state index in [0.717, 1.165) is 29.0 Å². The number of carbonyl (C=O) groups is 1. The summed E-state index contributed by atoms with van der Waals surface area (Å²) in [6.45, 7) is 2.58. The van der Waals surface area contributed by atoms with Crippen molar-refractivity contribution in [3.05, 3.63) is 59.2 Å². The van der Waals surface area contributed by atoms with Gasteiger partial charge in [-0.3, -0.25) is 9.79 Å². The minimum Gasteiger partial charge on any atom is -0.490 e. The molecule has 1 aliphatic heterocycles. The van der Waals surface area contributed by atoms with Crippen molar-refractivity contribution in [2.75, 3.05) is 34.4 Å². The molecule has 2 aromatic carbocycles. The number of rotatable bonds is 5. The van der Waals surface area contributed by atoms with Gasteiger partial charge in [0, 0.05) is 46.2 Å². The van der Waals surface area contributed by atoms with Crippen LogP contribution in [0.15, 0.2) is 47.5 Å². The van der Waals surface area contributed by atoms with Crippen molar-refractivity contribution < 1.29 is 14.3 Å². The normalized spacial score (nSPS) is 13.0. The maximum atomic E-state index is 12.0. The number of hydrogen-bond acceptors (Lipinski definition) is 4. The molecule has 30 heavy (non-hydrogen) atoms. The molecule has 0 aliphatic carbocycles. The Morgan fingerprint density at radius 3 is 2.20 bits per heavy atom. The molecule has 0 unspecified atom stereocenters. The Morgan fingerprint density at radius 1 is 0.967 bits per heavy atom. The molecule has 1 amide bonds. The molecule has 0 fully saturated rings. The second-order valence-corrected chi connectivity index (χ2v) is 7.01. The summed E-state index contributed by atoms with van der Waals surface area (Å²) in [5, 5.41) is 6.59. The number of fused-ring (bicyclic) bond motifs is 1. The van der Waals surface area contributed by atoms with E-state index < -0.39 is 0 Å². The minimum absolute atomic E-state index is 0. The van der Waals surface area contributed by atoms with Crippen molar-refractivity contribution in [3.63, 3.8) is 0 Å². The van der Waals surface area contributed by atoms with Gasteiger partial charge in [-0.25, -0.2) is 0 Å². The van der Waals surface area contributed by atoms with Crippen LogP contribution >= 0.6 is 24.0 Å². The highest BCUT2D eigenvalue weighted by Gasteiger charge is 2.11. The van der Waals surface area contributed by atoms with Crippen molar-refractivity contribution in [2.45, 2.75) is 19.5 Å². The zero-order valence-electron chi connectivity index (χ0n) is 17.6. The van der Waals surface area contributed by atoms with Gasteiger partial charge in [0.05, 0.1) is 13.2 Å². The zero-order valence-corrected chi connectivity index (χ0v) is 19.9. The van der Waals surface area contributed by atoms with E-state index >= 15 is 0 Å². The van der Waals surface area contributed by atoms with E-state index in [1.807, 2.05) is 42.5 Å². The van der Waals surface area contributed by atoms with Gasteiger partial charge in [0.1, 0.15) is 0 Å². The average molecular weight is 524 g/mol. The largest absolute Gasteiger partial charge is 0.490 e. The van der Waals surface area contributed by atoms with Crippen LogP contribution in [0.3, 0.4) is 0 Å². The van der Waals surface area contributed by atoms with Gasteiger partial charge in [-0.05, 0) is 35.4 Å². The Kier molecular flexibility index (Phi) is 9.22. The van der Waals surface area contributed by atoms with Crippen molar-refractivity contribution in [2.24, 2.45) is 4.99 Å². The summed E-state index contributed by atoms with van der Waals surface area (Å²) in [4.78, 5) is 17.8. The quantitative estimate of drug-likeness (QED) is 0.358. The molecular formula is C22H29IN4O3. The van der Waals surface area contributed by atoms with Gasteiger partial charge in [-0.2, -0.15) is 0 Å². The maximum absolute atomic E-state index is 12.0. The van der Waals surface area contributed by atoms with Crippen molar-refractivity contribution in [1.82, 2.24) is 15.5 Å². The van der Waals surface area contributed by atoms with E-state index in [2.05, 4.69) is 15.6 Å². The summed E-state index contributed by atoms with van der Waals surface area (Å²) in [5.41, 5.74) is 2.83. The summed E-state index contributed by atoms with van der Waals surface area (Å²) in [7, 11) is 5.23.